The highest BCUT2D eigenvalue weighted by Gasteiger charge is 2.16. The maximum absolute atomic E-state index is 13.8. The first-order valence-corrected chi connectivity index (χ1v) is 6.57. The molecule has 0 radical (unpaired) electrons. The van der Waals surface area contributed by atoms with Gasteiger partial charge in [0, 0.05) is 5.69 Å². The fraction of sp³-hybridized carbons (Fsp3) is 0.0714. The minimum Gasteiger partial charge on any atom is -0.488 e. The quantitative estimate of drug-likeness (QED) is 0.647. The number of benzene rings is 2. The lowest BCUT2D eigenvalue weighted by molar-refractivity contribution is 0.0692. The van der Waals surface area contributed by atoms with Crippen molar-refractivity contribution < 1.29 is 23.4 Å². The second-order valence-corrected chi connectivity index (χ2v) is 5.03. The normalized spacial score (nSPS) is 10.4. The summed E-state index contributed by atoms with van der Waals surface area (Å²) in [4.78, 5) is 11.1. The van der Waals surface area contributed by atoms with Crippen molar-refractivity contribution in [3.63, 3.8) is 0 Å². The van der Waals surface area contributed by atoms with Crippen LogP contribution in [0.3, 0.4) is 0 Å². The molecule has 2 rings (SSSR count). The van der Waals surface area contributed by atoms with Gasteiger partial charge in [-0.3, -0.25) is 0 Å². The number of carboxylic acid groups (broad SMARTS) is 1. The Morgan fingerprint density at radius 3 is 2.67 bits per heavy atom. The van der Waals surface area contributed by atoms with Gasteiger partial charge in [0.15, 0.2) is 0 Å². The van der Waals surface area contributed by atoms with E-state index in [1.54, 1.807) is 0 Å². The number of nitrogen functional groups attached to an aromatic ring is 1. The van der Waals surface area contributed by atoms with Crippen molar-refractivity contribution in [2.24, 2.45) is 0 Å². The average molecular weight is 358 g/mol. The van der Waals surface area contributed by atoms with Crippen LogP contribution in [0.15, 0.2) is 34.8 Å². The third kappa shape index (κ3) is 3.30. The average Bonchev–Trinajstić information content (AvgIpc) is 2.44. The zero-order valence-corrected chi connectivity index (χ0v) is 12.2. The van der Waals surface area contributed by atoms with Crippen molar-refractivity contribution in [3.8, 4) is 5.75 Å². The van der Waals surface area contributed by atoms with E-state index in [2.05, 4.69) is 15.9 Å². The van der Waals surface area contributed by atoms with Crippen molar-refractivity contribution in [1.29, 1.82) is 0 Å². The Labute approximate surface area is 127 Å². The van der Waals surface area contributed by atoms with Gasteiger partial charge < -0.3 is 15.6 Å². The molecule has 2 aromatic rings. The summed E-state index contributed by atoms with van der Waals surface area (Å²) in [5, 5.41) is 9.05. The largest absolute Gasteiger partial charge is 0.488 e. The standard InChI is InChI=1S/C14H10BrF2NO3/c15-10-2-3-11(16)9(13(10)17)6-21-12-4-1-7(18)5-8(12)14(19)20/h1-5H,6,18H2,(H,19,20). The van der Waals surface area contributed by atoms with E-state index < -0.39 is 24.2 Å². The Morgan fingerprint density at radius 2 is 2.00 bits per heavy atom. The third-order valence-corrected chi connectivity index (χ3v) is 3.36. The maximum atomic E-state index is 13.8. The number of carboxylic acids is 1. The van der Waals surface area contributed by atoms with Gasteiger partial charge in [-0.1, -0.05) is 0 Å². The van der Waals surface area contributed by atoms with Crippen LogP contribution in [0.2, 0.25) is 0 Å². The fourth-order valence-corrected chi connectivity index (χ4v) is 2.06. The van der Waals surface area contributed by atoms with Crippen molar-refractivity contribution >= 4 is 27.6 Å². The molecule has 7 heteroatoms. The second kappa shape index (κ2) is 6.09. The third-order valence-electron chi connectivity index (χ3n) is 2.74. The van der Waals surface area contributed by atoms with Gasteiger partial charge in [-0.25, -0.2) is 13.6 Å². The van der Waals surface area contributed by atoms with E-state index in [0.29, 0.717) is 0 Å². The van der Waals surface area contributed by atoms with Crippen LogP contribution < -0.4 is 10.5 Å². The number of carbonyl (C=O) groups is 1. The first kappa shape index (κ1) is 15.2. The highest BCUT2D eigenvalue weighted by molar-refractivity contribution is 9.10. The van der Waals surface area contributed by atoms with Crippen LogP contribution in [-0.4, -0.2) is 11.1 Å². The molecule has 0 aliphatic carbocycles. The first-order valence-electron chi connectivity index (χ1n) is 5.78. The van der Waals surface area contributed by atoms with Gasteiger partial charge in [-0.15, -0.1) is 0 Å². The second-order valence-electron chi connectivity index (χ2n) is 4.17. The summed E-state index contributed by atoms with van der Waals surface area (Å²) in [7, 11) is 0. The van der Waals surface area contributed by atoms with Crippen LogP contribution in [0.1, 0.15) is 15.9 Å². The summed E-state index contributed by atoms with van der Waals surface area (Å²) in [6, 6.07) is 6.32. The molecule has 0 aromatic heterocycles. The van der Waals surface area contributed by atoms with Crippen molar-refractivity contribution in [3.05, 3.63) is 57.6 Å². The molecule has 0 atom stereocenters. The van der Waals surface area contributed by atoms with Crippen LogP contribution >= 0.6 is 15.9 Å². The molecule has 0 saturated carbocycles. The Bertz CT molecular complexity index is 707. The van der Waals surface area contributed by atoms with Crippen LogP contribution in [0.25, 0.3) is 0 Å². The molecule has 0 bridgehead atoms. The first-order chi connectivity index (χ1) is 9.90. The maximum Gasteiger partial charge on any atom is 0.339 e. The lowest BCUT2D eigenvalue weighted by atomic mass is 10.1. The highest BCUT2D eigenvalue weighted by Crippen LogP contribution is 2.26. The minimum absolute atomic E-state index is 0.0181. The zero-order chi connectivity index (χ0) is 15.6. The van der Waals surface area contributed by atoms with Gasteiger partial charge in [0.05, 0.1) is 10.0 Å². The van der Waals surface area contributed by atoms with E-state index >= 15 is 0 Å². The Morgan fingerprint density at radius 1 is 1.29 bits per heavy atom. The molecule has 4 nitrogen and oxygen atoms in total. The Kier molecular flexibility index (Phi) is 4.42. The molecule has 0 aliphatic rings. The molecule has 110 valence electrons. The molecule has 0 saturated heterocycles. The van der Waals surface area contributed by atoms with Crippen LogP contribution in [0, 0.1) is 11.6 Å². The number of halogens is 3. The van der Waals surface area contributed by atoms with Gasteiger partial charge in [0.2, 0.25) is 0 Å². The van der Waals surface area contributed by atoms with E-state index in [-0.39, 0.29) is 27.0 Å². The van der Waals surface area contributed by atoms with E-state index in [0.717, 1.165) is 6.07 Å². The van der Waals surface area contributed by atoms with E-state index in [1.165, 1.54) is 24.3 Å². The predicted molar refractivity (Wildman–Crippen MR) is 76.2 cm³/mol. The Hall–Kier alpha value is -2.15. The van der Waals surface area contributed by atoms with E-state index in [9.17, 15) is 13.6 Å². The zero-order valence-electron chi connectivity index (χ0n) is 10.6. The van der Waals surface area contributed by atoms with Crippen molar-refractivity contribution in [2.75, 3.05) is 5.73 Å². The minimum atomic E-state index is -1.24. The predicted octanol–water partition coefficient (Wildman–Crippen LogP) is 3.59. The topological polar surface area (TPSA) is 72.5 Å². The van der Waals surface area contributed by atoms with Crippen molar-refractivity contribution in [2.45, 2.75) is 6.61 Å². The lowest BCUT2D eigenvalue weighted by Gasteiger charge is -2.11. The lowest BCUT2D eigenvalue weighted by Crippen LogP contribution is -2.07. The smallest absolute Gasteiger partial charge is 0.339 e. The summed E-state index contributed by atoms with van der Waals surface area (Å²) in [6.07, 6.45) is 0. The van der Waals surface area contributed by atoms with Gasteiger partial charge in [0.1, 0.15) is 29.6 Å². The highest BCUT2D eigenvalue weighted by atomic mass is 79.9. The summed E-state index contributed by atoms with van der Waals surface area (Å²) >= 11 is 2.95. The fourth-order valence-electron chi connectivity index (χ4n) is 1.69. The molecule has 0 aliphatic heterocycles. The number of aromatic carboxylic acids is 1. The number of hydrogen-bond donors (Lipinski definition) is 2. The summed E-state index contributed by atoms with van der Waals surface area (Å²) in [5.74, 6) is -2.83. The molecule has 2 aromatic carbocycles. The van der Waals surface area contributed by atoms with Crippen LogP contribution in [0.5, 0.6) is 5.75 Å². The van der Waals surface area contributed by atoms with Crippen LogP contribution in [-0.2, 0) is 6.61 Å². The van der Waals surface area contributed by atoms with Gasteiger partial charge in [-0.05, 0) is 46.3 Å². The van der Waals surface area contributed by atoms with E-state index in [1.807, 2.05) is 0 Å². The van der Waals surface area contributed by atoms with Gasteiger partial charge in [0.25, 0.3) is 0 Å². The SMILES string of the molecule is Nc1ccc(OCc2c(F)ccc(Br)c2F)c(C(=O)O)c1. The number of ether oxygens (including phenoxy) is 1. The molecule has 21 heavy (non-hydrogen) atoms. The monoisotopic (exact) mass is 357 g/mol. The molecular formula is C14H10BrF2NO3. The number of rotatable bonds is 4. The van der Waals surface area contributed by atoms with Gasteiger partial charge >= 0.3 is 5.97 Å². The van der Waals surface area contributed by atoms with E-state index in [4.69, 9.17) is 15.6 Å². The number of anilines is 1. The van der Waals surface area contributed by atoms with Crippen LogP contribution in [0.4, 0.5) is 14.5 Å². The van der Waals surface area contributed by atoms with Gasteiger partial charge in [-0.2, -0.15) is 0 Å². The molecule has 0 amide bonds. The molecule has 3 N–H and O–H groups in total. The Balaban J connectivity index is 2.29. The number of nitrogens with two attached hydrogens (primary N) is 1. The number of hydrogen-bond acceptors (Lipinski definition) is 3. The molecule has 0 unspecified atom stereocenters. The summed E-state index contributed by atoms with van der Waals surface area (Å²) in [6.45, 7) is -0.443. The molecule has 0 heterocycles. The van der Waals surface area contributed by atoms with Crippen molar-refractivity contribution in [1.82, 2.24) is 0 Å². The summed E-state index contributed by atoms with van der Waals surface area (Å²) < 4.78 is 32.7. The molecular weight excluding hydrogens is 348 g/mol. The summed E-state index contributed by atoms with van der Waals surface area (Å²) in [5.41, 5.74) is 5.28. The molecule has 0 fully saturated rings. The molecule has 0 spiro atoms.